The molecule has 3 amide bonds. The summed E-state index contributed by atoms with van der Waals surface area (Å²) in [6.07, 6.45) is 0.0777. The van der Waals surface area contributed by atoms with E-state index in [0.717, 1.165) is 0 Å². The number of nitro benzene ring substituents is 1. The van der Waals surface area contributed by atoms with Crippen molar-refractivity contribution >= 4 is 23.4 Å². The Kier molecular flexibility index (Phi) is 9.78. The van der Waals surface area contributed by atoms with Gasteiger partial charge in [0.1, 0.15) is 23.9 Å². The highest BCUT2D eigenvalue weighted by atomic mass is 16.6. The zero-order valence-corrected chi connectivity index (χ0v) is 21.5. The average molecular weight is 527 g/mol. The Morgan fingerprint density at radius 1 is 1.08 bits per heavy atom. The molecular weight excluding hydrogens is 492 g/mol. The molecule has 3 rings (SSSR count). The Balaban J connectivity index is 1.62. The number of likely N-dealkylation sites (tertiary alicyclic amines) is 1. The molecule has 3 atom stereocenters. The number of non-ortho nitro benzene ring substituents is 1. The van der Waals surface area contributed by atoms with E-state index in [0.29, 0.717) is 36.9 Å². The Morgan fingerprint density at radius 3 is 2.32 bits per heavy atom. The Morgan fingerprint density at radius 2 is 1.71 bits per heavy atom. The van der Waals surface area contributed by atoms with Gasteiger partial charge < -0.3 is 25.7 Å². The number of aliphatic hydroxyl groups is 1. The Hall–Kier alpha value is -3.99. The van der Waals surface area contributed by atoms with E-state index in [9.17, 15) is 34.7 Å². The van der Waals surface area contributed by atoms with Gasteiger partial charge in [0.05, 0.1) is 4.92 Å². The zero-order valence-electron chi connectivity index (χ0n) is 21.5. The lowest BCUT2D eigenvalue weighted by atomic mass is 10.0. The minimum absolute atomic E-state index is 0.0199. The van der Waals surface area contributed by atoms with Gasteiger partial charge >= 0.3 is 0 Å². The van der Waals surface area contributed by atoms with Gasteiger partial charge in [-0.2, -0.15) is 0 Å². The summed E-state index contributed by atoms with van der Waals surface area (Å²) in [7, 11) is 0. The smallest absolute Gasteiger partial charge is 0.269 e. The van der Waals surface area contributed by atoms with Crippen LogP contribution in [0.25, 0.3) is 0 Å². The van der Waals surface area contributed by atoms with Gasteiger partial charge in [0, 0.05) is 31.6 Å². The summed E-state index contributed by atoms with van der Waals surface area (Å²) in [6.45, 7) is 4.36. The molecule has 1 fully saturated rings. The zero-order chi connectivity index (χ0) is 27.8. The molecule has 11 nitrogen and oxygen atoms in total. The minimum Gasteiger partial charge on any atom is -0.508 e. The summed E-state index contributed by atoms with van der Waals surface area (Å²) in [5.41, 5.74) is 1.30. The van der Waals surface area contributed by atoms with E-state index in [1.807, 2.05) is 13.8 Å². The topological polar surface area (TPSA) is 162 Å². The fourth-order valence-corrected chi connectivity index (χ4v) is 4.45. The molecule has 1 aliphatic heterocycles. The number of phenolic OH excluding ortho intramolecular Hbond substituents is 1. The SMILES string of the molecule is CC(C)C[C@@H](NC(=O)[C@H](O)Cc1ccc(O)cc1)C(=O)N1CCC[C@H]1C(=O)NCc1ccc([N+](=O)[O-])cc1. The van der Waals surface area contributed by atoms with E-state index < -0.39 is 29.0 Å². The van der Waals surface area contributed by atoms with Gasteiger partial charge in [-0.15, -0.1) is 0 Å². The van der Waals surface area contributed by atoms with Gasteiger partial charge in [-0.3, -0.25) is 24.5 Å². The highest BCUT2D eigenvalue weighted by molar-refractivity contribution is 5.93. The standard InChI is InChI=1S/C27H34N4O7/c1-17(2)14-22(29-26(35)24(33)15-18-7-11-21(32)12-8-18)27(36)30-13-3-4-23(30)25(34)28-16-19-5-9-20(10-6-19)31(37)38/h5-12,17,22-24,32-33H,3-4,13-16H2,1-2H3,(H,28,34)(H,29,35)/t22-,23+,24-/m1/s1. The van der Waals surface area contributed by atoms with Crippen molar-refractivity contribution in [1.29, 1.82) is 0 Å². The first-order valence-electron chi connectivity index (χ1n) is 12.6. The molecule has 0 aliphatic carbocycles. The maximum atomic E-state index is 13.5. The Bertz CT molecular complexity index is 1140. The first kappa shape index (κ1) is 28.6. The van der Waals surface area contributed by atoms with E-state index in [1.165, 1.54) is 29.2 Å². The van der Waals surface area contributed by atoms with Crippen molar-refractivity contribution in [2.75, 3.05) is 6.54 Å². The van der Waals surface area contributed by atoms with Crippen LogP contribution in [0.1, 0.15) is 44.2 Å². The van der Waals surface area contributed by atoms with Crippen LogP contribution in [0.2, 0.25) is 0 Å². The molecule has 0 saturated carbocycles. The first-order valence-corrected chi connectivity index (χ1v) is 12.6. The van der Waals surface area contributed by atoms with Crippen LogP contribution in [0.5, 0.6) is 5.75 Å². The van der Waals surface area contributed by atoms with Crippen molar-refractivity contribution in [3.8, 4) is 5.75 Å². The Labute approximate surface area is 221 Å². The number of amides is 3. The predicted molar refractivity (Wildman–Crippen MR) is 139 cm³/mol. The number of phenols is 1. The number of aliphatic hydroxyl groups excluding tert-OH is 1. The van der Waals surface area contributed by atoms with Crippen molar-refractivity contribution in [3.63, 3.8) is 0 Å². The largest absolute Gasteiger partial charge is 0.508 e. The van der Waals surface area contributed by atoms with E-state index in [4.69, 9.17) is 0 Å². The van der Waals surface area contributed by atoms with Crippen molar-refractivity contribution in [3.05, 3.63) is 69.8 Å². The van der Waals surface area contributed by atoms with Gasteiger partial charge in [-0.25, -0.2) is 0 Å². The normalized spacial score (nSPS) is 16.6. The second-order valence-corrected chi connectivity index (χ2v) is 9.91. The van der Waals surface area contributed by atoms with Crippen molar-refractivity contribution in [2.24, 2.45) is 5.92 Å². The van der Waals surface area contributed by atoms with E-state index in [2.05, 4.69) is 10.6 Å². The van der Waals surface area contributed by atoms with Crippen LogP contribution in [0.15, 0.2) is 48.5 Å². The third-order valence-corrected chi connectivity index (χ3v) is 6.44. The maximum absolute atomic E-state index is 13.5. The molecule has 0 radical (unpaired) electrons. The van der Waals surface area contributed by atoms with Crippen LogP contribution in [0.4, 0.5) is 5.69 Å². The molecule has 11 heteroatoms. The number of carbonyl (C=O) groups is 3. The van der Waals surface area contributed by atoms with Gasteiger partial charge in [0.2, 0.25) is 17.7 Å². The maximum Gasteiger partial charge on any atom is 0.269 e. The van der Waals surface area contributed by atoms with E-state index in [-0.39, 0.29) is 42.1 Å². The number of hydrogen-bond donors (Lipinski definition) is 4. The summed E-state index contributed by atoms with van der Waals surface area (Å²) in [6, 6.07) is 10.4. The summed E-state index contributed by atoms with van der Waals surface area (Å²) in [4.78, 5) is 51.0. The quantitative estimate of drug-likeness (QED) is 0.257. The van der Waals surface area contributed by atoms with Crippen LogP contribution in [0.3, 0.4) is 0 Å². The molecule has 1 heterocycles. The van der Waals surface area contributed by atoms with E-state index >= 15 is 0 Å². The number of aromatic hydroxyl groups is 1. The molecule has 2 aromatic rings. The number of nitrogens with one attached hydrogen (secondary N) is 2. The fraction of sp³-hybridized carbons (Fsp3) is 0.444. The van der Waals surface area contributed by atoms with Crippen LogP contribution in [0, 0.1) is 16.0 Å². The molecule has 2 aromatic carbocycles. The van der Waals surface area contributed by atoms with Gasteiger partial charge in [-0.05, 0) is 48.4 Å². The third kappa shape index (κ3) is 7.75. The lowest BCUT2D eigenvalue weighted by molar-refractivity contribution is -0.384. The average Bonchev–Trinajstić information content (AvgIpc) is 3.38. The molecule has 0 spiro atoms. The second-order valence-electron chi connectivity index (χ2n) is 9.91. The molecule has 1 saturated heterocycles. The molecule has 0 aromatic heterocycles. The molecule has 4 N–H and O–H groups in total. The molecule has 1 aliphatic rings. The van der Waals surface area contributed by atoms with Crippen LogP contribution in [-0.2, 0) is 27.3 Å². The second kappa shape index (κ2) is 13.0. The van der Waals surface area contributed by atoms with Crippen LogP contribution < -0.4 is 10.6 Å². The van der Waals surface area contributed by atoms with Crippen molar-refractivity contribution in [2.45, 2.75) is 64.3 Å². The van der Waals surface area contributed by atoms with Gasteiger partial charge in [0.15, 0.2) is 0 Å². The van der Waals surface area contributed by atoms with E-state index in [1.54, 1.807) is 24.3 Å². The predicted octanol–water partition coefficient (Wildman–Crippen LogP) is 2.04. The van der Waals surface area contributed by atoms with Gasteiger partial charge in [-0.1, -0.05) is 38.1 Å². The molecule has 0 unspecified atom stereocenters. The number of rotatable bonds is 11. The van der Waals surface area contributed by atoms with Crippen LogP contribution >= 0.6 is 0 Å². The monoisotopic (exact) mass is 526 g/mol. The summed E-state index contributed by atoms with van der Waals surface area (Å²) < 4.78 is 0. The summed E-state index contributed by atoms with van der Waals surface area (Å²) in [5, 5.41) is 36.1. The number of benzene rings is 2. The molecule has 204 valence electrons. The summed E-state index contributed by atoms with van der Waals surface area (Å²) in [5.74, 6) is -1.26. The lowest BCUT2D eigenvalue weighted by Gasteiger charge is -2.30. The molecule has 0 bridgehead atoms. The van der Waals surface area contributed by atoms with Crippen molar-refractivity contribution in [1.82, 2.24) is 15.5 Å². The fourth-order valence-electron chi connectivity index (χ4n) is 4.45. The lowest BCUT2D eigenvalue weighted by Crippen LogP contribution is -2.55. The number of hydrogen-bond acceptors (Lipinski definition) is 7. The number of carbonyl (C=O) groups excluding carboxylic acids is 3. The highest BCUT2D eigenvalue weighted by Crippen LogP contribution is 2.21. The third-order valence-electron chi connectivity index (χ3n) is 6.44. The number of nitrogens with zero attached hydrogens (tertiary/aromatic N) is 2. The van der Waals surface area contributed by atoms with Gasteiger partial charge in [0.25, 0.3) is 5.69 Å². The molecular formula is C27H34N4O7. The molecule has 38 heavy (non-hydrogen) atoms. The minimum atomic E-state index is -1.39. The highest BCUT2D eigenvalue weighted by Gasteiger charge is 2.38. The summed E-state index contributed by atoms with van der Waals surface area (Å²) >= 11 is 0. The first-order chi connectivity index (χ1) is 18.0. The number of nitro groups is 1. The van der Waals surface area contributed by atoms with Crippen LogP contribution in [-0.4, -0.2) is 62.5 Å². The van der Waals surface area contributed by atoms with Crippen molar-refractivity contribution < 1.29 is 29.5 Å².